The van der Waals surface area contributed by atoms with Crippen LogP contribution in [0, 0.1) is 0 Å². The van der Waals surface area contributed by atoms with Gasteiger partial charge in [0, 0.05) is 17.5 Å². The number of carbonyl (C=O) groups excluding carboxylic acids is 2. The number of ether oxygens (including phenoxy) is 1. The van der Waals surface area contributed by atoms with Crippen LogP contribution in [-0.2, 0) is 11.2 Å². The number of benzene rings is 2. The highest BCUT2D eigenvalue weighted by molar-refractivity contribution is 6.00. The summed E-state index contributed by atoms with van der Waals surface area (Å²) in [6.07, 6.45) is 6.16. The molecular weight excluding hydrogens is 476 g/mol. The topological polar surface area (TPSA) is 97.0 Å². The van der Waals surface area contributed by atoms with E-state index in [9.17, 15) is 9.59 Å². The minimum absolute atomic E-state index is 0.00633. The molecule has 3 atom stereocenters. The average Bonchev–Trinajstić information content (AvgIpc) is 2.88. The van der Waals surface area contributed by atoms with E-state index in [1.807, 2.05) is 37.3 Å². The molecule has 4 heterocycles. The fourth-order valence-electron chi connectivity index (χ4n) is 6.36. The van der Waals surface area contributed by atoms with Gasteiger partial charge < -0.3 is 15.8 Å². The van der Waals surface area contributed by atoms with Crippen molar-refractivity contribution in [3.63, 3.8) is 0 Å². The molecule has 0 unspecified atom stereocenters. The molecule has 38 heavy (non-hydrogen) atoms. The van der Waals surface area contributed by atoms with Gasteiger partial charge in [0.2, 0.25) is 5.91 Å². The van der Waals surface area contributed by atoms with Crippen molar-refractivity contribution >= 4 is 17.8 Å². The molecule has 2 amide bonds. The van der Waals surface area contributed by atoms with E-state index in [0.29, 0.717) is 24.8 Å². The predicted octanol–water partition coefficient (Wildman–Crippen LogP) is 5.59. The summed E-state index contributed by atoms with van der Waals surface area (Å²) in [5.41, 5.74) is 9.36. The number of aliphatic imine (C=N–C) groups is 1. The molecule has 4 aliphatic rings. The maximum atomic E-state index is 13.6. The van der Waals surface area contributed by atoms with Crippen LogP contribution in [0.4, 0.5) is 0 Å². The molecule has 202 valence electrons. The third-order valence-corrected chi connectivity index (χ3v) is 8.43. The van der Waals surface area contributed by atoms with Crippen LogP contribution in [0.15, 0.2) is 47.5 Å². The smallest absolute Gasteiger partial charge is 0.251 e. The van der Waals surface area contributed by atoms with E-state index in [4.69, 9.17) is 15.5 Å². The number of hydrogen-bond donors (Lipinski definition) is 2. The number of fused-ring (bicyclic) bond motifs is 5. The maximum Gasteiger partial charge on any atom is 0.251 e. The van der Waals surface area contributed by atoms with E-state index < -0.39 is 11.1 Å². The number of amides is 2. The van der Waals surface area contributed by atoms with Crippen LogP contribution in [-0.4, -0.2) is 33.8 Å². The number of hydrogen-bond acceptors (Lipinski definition) is 5. The van der Waals surface area contributed by atoms with E-state index in [1.165, 1.54) is 5.56 Å². The second-order valence-electron chi connectivity index (χ2n) is 11.7. The average molecular weight is 517 g/mol. The number of carbonyl (C=O) groups is 2. The number of guanidine groups is 1. The van der Waals surface area contributed by atoms with Crippen LogP contribution in [0.3, 0.4) is 0 Å². The Bertz CT molecular complexity index is 1270. The molecule has 0 fully saturated rings. The van der Waals surface area contributed by atoms with Crippen LogP contribution in [0.2, 0.25) is 0 Å². The maximum absolute atomic E-state index is 13.6. The van der Waals surface area contributed by atoms with Gasteiger partial charge in [0.1, 0.15) is 11.4 Å². The fraction of sp³-hybridized carbons (Fsp3) is 0.516. The van der Waals surface area contributed by atoms with Crippen molar-refractivity contribution in [3.8, 4) is 5.75 Å². The summed E-state index contributed by atoms with van der Waals surface area (Å²) in [4.78, 5) is 33.7. The highest BCUT2D eigenvalue weighted by Gasteiger charge is 2.41. The molecule has 0 radical (unpaired) electrons. The van der Waals surface area contributed by atoms with Crippen molar-refractivity contribution in [1.82, 2.24) is 10.2 Å². The highest BCUT2D eigenvalue weighted by Crippen LogP contribution is 2.41. The van der Waals surface area contributed by atoms with Crippen LogP contribution in [0.25, 0.3) is 0 Å². The predicted molar refractivity (Wildman–Crippen MR) is 149 cm³/mol. The third-order valence-electron chi connectivity index (χ3n) is 8.43. The first-order valence-electron chi connectivity index (χ1n) is 14.0. The normalized spacial score (nSPS) is 27.1. The summed E-state index contributed by atoms with van der Waals surface area (Å²) in [6.45, 7) is 8.24. The Hall–Kier alpha value is -3.35. The summed E-state index contributed by atoms with van der Waals surface area (Å²) in [5.74, 6) is 0.990. The van der Waals surface area contributed by atoms with E-state index in [0.717, 1.165) is 49.0 Å². The number of nitrogens with zero attached hydrogens (tertiary/aromatic N) is 2. The molecule has 0 saturated heterocycles. The van der Waals surface area contributed by atoms with Crippen molar-refractivity contribution in [1.29, 1.82) is 0 Å². The van der Waals surface area contributed by atoms with Crippen molar-refractivity contribution < 1.29 is 14.3 Å². The summed E-state index contributed by atoms with van der Waals surface area (Å²) < 4.78 is 6.29. The fourth-order valence-corrected chi connectivity index (χ4v) is 6.36. The molecule has 6 bridgehead atoms. The lowest BCUT2D eigenvalue weighted by Crippen LogP contribution is -2.52. The first kappa shape index (κ1) is 26.3. The van der Waals surface area contributed by atoms with Gasteiger partial charge in [0.05, 0.1) is 24.0 Å². The molecule has 4 aliphatic heterocycles. The summed E-state index contributed by atoms with van der Waals surface area (Å²) in [5, 5.41) is 3.28. The zero-order chi connectivity index (χ0) is 27.1. The largest absolute Gasteiger partial charge is 0.487 e. The molecular formula is C31H40N4O3. The molecule has 0 aliphatic carbocycles. The van der Waals surface area contributed by atoms with Gasteiger partial charge in [-0.1, -0.05) is 44.5 Å². The Balaban J connectivity index is 1.58. The van der Waals surface area contributed by atoms with E-state index in [-0.39, 0.29) is 29.9 Å². The minimum atomic E-state index is -0.455. The van der Waals surface area contributed by atoms with Crippen molar-refractivity contribution in [3.05, 3.63) is 64.7 Å². The monoisotopic (exact) mass is 516 g/mol. The van der Waals surface area contributed by atoms with Gasteiger partial charge in [-0.15, -0.1) is 0 Å². The zero-order valence-electron chi connectivity index (χ0n) is 23.0. The second kappa shape index (κ2) is 10.1. The number of aryl methyl sites for hydroxylation is 1. The molecule has 0 saturated carbocycles. The van der Waals surface area contributed by atoms with Gasteiger partial charge in [0.25, 0.3) is 5.91 Å². The van der Waals surface area contributed by atoms with Gasteiger partial charge in [0.15, 0.2) is 5.96 Å². The van der Waals surface area contributed by atoms with Crippen molar-refractivity contribution in [2.45, 2.75) is 102 Å². The SMILES string of the molecule is CC[C@@H]1c2cccc(c2)C(=O)N[C@H]2CC(C)(C)Oc3ccc(cc32)CCCC[C@]2(CC)CC(=O)N1C(N)=N2. The molecule has 7 heteroatoms. The Morgan fingerprint density at radius 2 is 1.95 bits per heavy atom. The van der Waals surface area contributed by atoms with Crippen LogP contribution in [0.1, 0.15) is 112 Å². The third kappa shape index (κ3) is 5.03. The van der Waals surface area contributed by atoms with Crippen LogP contribution in [0.5, 0.6) is 5.75 Å². The van der Waals surface area contributed by atoms with Gasteiger partial charge >= 0.3 is 0 Å². The highest BCUT2D eigenvalue weighted by atomic mass is 16.5. The van der Waals surface area contributed by atoms with Crippen LogP contribution >= 0.6 is 0 Å². The molecule has 6 rings (SSSR count). The zero-order valence-corrected chi connectivity index (χ0v) is 23.0. The van der Waals surface area contributed by atoms with Gasteiger partial charge in [-0.05, 0) is 75.3 Å². The quantitative estimate of drug-likeness (QED) is 0.544. The molecule has 2 aromatic rings. The first-order chi connectivity index (χ1) is 18.1. The van der Waals surface area contributed by atoms with E-state index >= 15 is 0 Å². The minimum Gasteiger partial charge on any atom is -0.487 e. The number of nitrogens with two attached hydrogens (primary N) is 1. The van der Waals surface area contributed by atoms with Gasteiger partial charge in [-0.3, -0.25) is 14.5 Å². The molecule has 7 nitrogen and oxygen atoms in total. The second-order valence-corrected chi connectivity index (χ2v) is 11.7. The number of nitrogens with one attached hydrogen (secondary N) is 1. The molecule has 2 aromatic carbocycles. The first-order valence-corrected chi connectivity index (χ1v) is 14.0. The van der Waals surface area contributed by atoms with E-state index in [1.54, 1.807) is 4.90 Å². The molecule has 0 aromatic heterocycles. The number of rotatable bonds is 2. The Morgan fingerprint density at radius 1 is 1.13 bits per heavy atom. The summed E-state index contributed by atoms with van der Waals surface area (Å²) in [6, 6.07) is 13.5. The van der Waals surface area contributed by atoms with Crippen molar-refractivity contribution in [2.24, 2.45) is 10.7 Å². The molecule has 3 N–H and O–H groups in total. The van der Waals surface area contributed by atoms with Crippen molar-refractivity contribution in [2.75, 3.05) is 0 Å². The Labute approximate surface area is 225 Å². The van der Waals surface area contributed by atoms with Gasteiger partial charge in [-0.2, -0.15) is 0 Å². The van der Waals surface area contributed by atoms with E-state index in [2.05, 4.69) is 38.2 Å². The lowest BCUT2D eigenvalue weighted by atomic mass is 9.84. The lowest BCUT2D eigenvalue weighted by molar-refractivity contribution is -0.131. The Morgan fingerprint density at radius 3 is 2.68 bits per heavy atom. The standard InChI is InChI=1S/C31H40N4O3/c1-5-25-21-11-9-12-22(17-21)28(37)33-24-18-30(3,4)38-26-14-13-20(16-23(24)26)10-7-8-15-31(6-2)19-27(36)35(25)29(32)34-31/h9,11-14,16-17,24-25H,5-8,10,15,18-19H2,1-4H3,(H2,32,34)(H,33,37)/t24-,25+,31+/m0/s1. The summed E-state index contributed by atoms with van der Waals surface area (Å²) in [7, 11) is 0. The Kier molecular flexibility index (Phi) is 6.97. The summed E-state index contributed by atoms with van der Waals surface area (Å²) >= 11 is 0. The molecule has 0 spiro atoms. The lowest BCUT2D eigenvalue weighted by Gasteiger charge is -2.40. The van der Waals surface area contributed by atoms with Crippen LogP contribution < -0.4 is 15.8 Å². The van der Waals surface area contributed by atoms with Gasteiger partial charge in [-0.25, -0.2) is 4.99 Å².